The van der Waals surface area contributed by atoms with Crippen LogP contribution in [0.15, 0.2) is 41.4 Å². The third kappa shape index (κ3) is 4.05. The first kappa shape index (κ1) is 16.5. The van der Waals surface area contributed by atoms with Crippen molar-refractivity contribution in [3.8, 4) is 0 Å². The van der Waals surface area contributed by atoms with Crippen LogP contribution in [0, 0.1) is 6.92 Å². The number of aromatic nitrogens is 1. The van der Waals surface area contributed by atoms with Crippen molar-refractivity contribution in [2.24, 2.45) is 0 Å². The summed E-state index contributed by atoms with van der Waals surface area (Å²) in [5, 5.41) is 3.16. The van der Waals surface area contributed by atoms with E-state index in [-0.39, 0.29) is 18.1 Å². The zero-order chi connectivity index (χ0) is 16.3. The summed E-state index contributed by atoms with van der Waals surface area (Å²) in [7, 11) is -3.24. The Morgan fingerprint density at radius 1 is 1.27 bits per heavy atom. The number of nitrogens with zero attached hydrogens (tertiary/aromatic N) is 1. The Balaban J connectivity index is 2.09. The number of hydrogen-bond donors (Lipinski definition) is 1. The second kappa shape index (κ2) is 6.46. The van der Waals surface area contributed by atoms with Crippen LogP contribution in [-0.2, 0) is 16.4 Å². The maximum atomic E-state index is 12.0. The predicted octanol–water partition coefficient (Wildman–Crippen LogP) is 2.38. The number of sulfone groups is 1. The lowest BCUT2D eigenvalue weighted by molar-refractivity contribution is 0.0946. The average Bonchev–Trinajstić information content (AvgIpc) is 2.43. The molecule has 1 aromatic heterocycles. The summed E-state index contributed by atoms with van der Waals surface area (Å²) in [5.41, 5.74) is 1.69. The monoisotopic (exact) mass is 338 g/mol. The molecule has 2 aromatic rings. The summed E-state index contributed by atoms with van der Waals surface area (Å²) in [5.74, 6) is -0.340. The van der Waals surface area contributed by atoms with E-state index in [1.807, 2.05) is 0 Å². The van der Waals surface area contributed by atoms with Crippen LogP contribution in [-0.4, -0.2) is 25.6 Å². The van der Waals surface area contributed by atoms with Gasteiger partial charge in [0.05, 0.1) is 4.90 Å². The summed E-state index contributed by atoms with van der Waals surface area (Å²) in [6.07, 6.45) is 2.63. The van der Waals surface area contributed by atoms with Crippen LogP contribution in [0.25, 0.3) is 0 Å². The van der Waals surface area contributed by atoms with Gasteiger partial charge in [-0.3, -0.25) is 9.78 Å². The molecule has 0 unspecified atom stereocenters. The highest BCUT2D eigenvalue weighted by Crippen LogP contribution is 2.16. The fraction of sp³-hybridized carbons (Fsp3) is 0.200. The Bertz CT molecular complexity index is 819. The molecule has 1 amide bonds. The minimum absolute atomic E-state index is 0.233. The van der Waals surface area contributed by atoms with Crippen molar-refractivity contribution in [2.75, 3.05) is 6.26 Å². The van der Waals surface area contributed by atoms with E-state index in [4.69, 9.17) is 11.6 Å². The second-order valence-electron chi connectivity index (χ2n) is 4.91. The molecule has 1 N–H and O–H groups in total. The van der Waals surface area contributed by atoms with Gasteiger partial charge in [0.2, 0.25) is 0 Å². The van der Waals surface area contributed by atoms with Crippen molar-refractivity contribution in [3.63, 3.8) is 0 Å². The zero-order valence-corrected chi connectivity index (χ0v) is 13.7. The molecule has 0 saturated carbocycles. The number of amides is 1. The SMILES string of the molecule is Cc1cc(CNC(=O)c2cc(Cl)ccn2)ccc1S(C)(=O)=O. The van der Waals surface area contributed by atoms with Crippen LogP contribution in [0.2, 0.25) is 5.02 Å². The molecule has 7 heteroatoms. The minimum Gasteiger partial charge on any atom is -0.347 e. The summed E-state index contributed by atoms with van der Waals surface area (Å²) < 4.78 is 23.1. The Labute approximate surface area is 134 Å². The highest BCUT2D eigenvalue weighted by Gasteiger charge is 2.12. The first-order valence-corrected chi connectivity index (χ1v) is 8.73. The third-order valence-corrected chi connectivity index (χ3v) is 4.54. The number of nitrogens with one attached hydrogen (secondary N) is 1. The molecule has 0 atom stereocenters. The standard InChI is InChI=1S/C15H15ClN2O3S/c1-10-7-11(3-4-14(10)22(2,20)21)9-18-15(19)13-8-12(16)5-6-17-13/h3-8H,9H2,1-2H3,(H,18,19). The minimum atomic E-state index is -3.24. The number of rotatable bonds is 4. The van der Waals surface area contributed by atoms with E-state index < -0.39 is 9.84 Å². The normalized spacial score (nSPS) is 11.2. The van der Waals surface area contributed by atoms with Gasteiger partial charge in [0, 0.05) is 24.0 Å². The topological polar surface area (TPSA) is 76.1 Å². The van der Waals surface area contributed by atoms with E-state index in [0.29, 0.717) is 15.5 Å². The van der Waals surface area contributed by atoms with Crippen LogP contribution < -0.4 is 5.32 Å². The lowest BCUT2D eigenvalue weighted by atomic mass is 10.1. The van der Waals surface area contributed by atoms with Gasteiger partial charge in [-0.05, 0) is 36.2 Å². The number of pyridine rings is 1. The van der Waals surface area contributed by atoms with Crippen LogP contribution in [0.5, 0.6) is 0 Å². The molecule has 1 aromatic carbocycles. The molecule has 1 heterocycles. The van der Waals surface area contributed by atoms with Gasteiger partial charge < -0.3 is 5.32 Å². The summed E-state index contributed by atoms with van der Waals surface area (Å²) in [6.45, 7) is 2.00. The Morgan fingerprint density at radius 2 is 2.00 bits per heavy atom. The van der Waals surface area contributed by atoms with Crippen molar-refractivity contribution < 1.29 is 13.2 Å². The fourth-order valence-corrected chi connectivity index (χ4v) is 3.16. The second-order valence-corrected chi connectivity index (χ2v) is 7.33. The summed E-state index contributed by atoms with van der Waals surface area (Å²) >= 11 is 5.81. The van der Waals surface area contributed by atoms with Crippen molar-refractivity contribution in [2.45, 2.75) is 18.4 Å². The number of aryl methyl sites for hydroxylation is 1. The maximum Gasteiger partial charge on any atom is 0.270 e. The predicted molar refractivity (Wildman–Crippen MR) is 84.7 cm³/mol. The van der Waals surface area contributed by atoms with E-state index in [1.165, 1.54) is 18.5 Å². The number of carbonyl (C=O) groups is 1. The first-order valence-electron chi connectivity index (χ1n) is 6.47. The van der Waals surface area contributed by atoms with Crippen LogP contribution in [0.1, 0.15) is 21.6 Å². The van der Waals surface area contributed by atoms with Crippen LogP contribution in [0.4, 0.5) is 0 Å². The molecule has 0 aliphatic carbocycles. The van der Waals surface area contributed by atoms with Gasteiger partial charge in [-0.25, -0.2) is 8.42 Å². The zero-order valence-electron chi connectivity index (χ0n) is 12.1. The van der Waals surface area contributed by atoms with Gasteiger partial charge >= 0.3 is 0 Å². The van der Waals surface area contributed by atoms with Gasteiger partial charge in [-0.2, -0.15) is 0 Å². The van der Waals surface area contributed by atoms with Gasteiger partial charge in [0.15, 0.2) is 9.84 Å². The lowest BCUT2D eigenvalue weighted by Crippen LogP contribution is -2.23. The largest absolute Gasteiger partial charge is 0.347 e. The number of carbonyl (C=O) groups excluding carboxylic acids is 1. The smallest absolute Gasteiger partial charge is 0.270 e. The molecule has 116 valence electrons. The quantitative estimate of drug-likeness (QED) is 0.928. The highest BCUT2D eigenvalue weighted by atomic mass is 35.5. The number of halogens is 1. The molecule has 2 rings (SSSR count). The van der Waals surface area contributed by atoms with E-state index in [2.05, 4.69) is 10.3 Å². The molecule has 22 heavy (non-hydrogen) atoms. The average molecular weight is 339 g/mol. The van der Waals surface area contributed by atoms with E-state index in [1.54, 1.807) is 31.2 Å². The van der Waals surface area contributed by atoms with Crippen LogP contribution >= 0.6 is 11.6 Å². The van der Waals surface area contributed by atoms with Gasteiger partial charge in [0.25, 0.3) is 5.91 Å². The molecule has 0 fully saturated rings. The third-order valence-electron chi connectivity index (χ3n) is 3.05. The molecule has 5 nitrogen and oxygen atoms in total. The number of benzene rings is 1. The van der Waals surface area contributed by atoms with Crippen molar-refractivity contribution in [3.05, 3.63) is 58.4 Å². The molecule has 0 spiro atoms. The van der Waals surface area contributed by atoms with E-state index >= 15 is 0 Å². The molecular formula is C15H15ClN2O3S. The Morgan fingerprint density at radius 3 is 2.59 bits per heavy atom. The van der Waals surface area contributed by atoms with Crippen LogP contribution in [0.3, 0.4) is 0 Å². The van der Waals surface area contributed by atoms with Gasteiger partial charge in [-0.1, -0.05) is 23.7 Å². The van der Waals surface area contributed by atoms with Gasteiger partial charge in [0.1, 0.15) is 5.69 Å². The Hall–Kier alpha value is -1.92. The number of hydrogen-bond acceptors (Lipinski definition) is 4. The summed E-state index contributed by atoms with van der Waals surface area (Å²) in [6, 6.07) is 8.03. The van der Waals surface area contributed by atoms with E-state index in [0.717, 1.165) is 5.56 Å². The highest BCUT2D eigenvalue weighted by molar-refractivity contribution is 7.90. The molecule has 0 radical (unpaired) electrons. The van der Waals surface area contributed by atoms with Gasteiger partial charge in [-0.15, -0.1) is 0 Å². The van der Waals surface area contributed by atoms with Crippen molar-refractivity contribution in [1.29, 1.82) is 0 Å². The Kier molecular flexibility index (Phi) is 4.83. The first-order chi connectivity index (χ1) is 10.3. The molecule has 0 aliphatic rings. The van der Waals surface area contributed by atoms with Crippen molar-refractivity contribution >= 4 is 27.3 Å². The molecule has 0 saturated heterocycles. The fourth-order valence-electron chi connectivity index (χ4n) is 2.04. The van der Waals surface area contributed by atoms with E-state index in [9.17, 15) is 13.2 Å². The maximum absolute atomic E-state index is 12.0. The molecular weight excluding hydrogens is 324 g/mol. The van der Waals surface area contributed by atoms with Crippen molar-refractivity contribution in [1.82, 2.24) is 10.3 Å². The molecule has 0 bridgehead atoms. The molecule has 0 aliphatic heterocycles. The summed E-state index contributed by atoms with van der Waals surface area (Å²) in [4.78, 5) is 16.2. The lowest BCUT2D eigenvalue weighted by Gasteiger charge is -2.08.